The van der Waals surface area contributed by atoms with Gasteiger partial charge in [-0.1, -0.05) is 96.8 Å². The summed E-state index contributed by atoms with van der Waals surface area (Å²) in [5, 5.41) is 8.52. The first kappa shape index (κ1) is 28.5. The van der Waals surface area contributed by atoms with Crippen molar-refractivity contribution in [2.45, 2.75) is 110 Å². The Bertz CT molecular complexity index is 223. The maximum absolute atomic E-state index is 10.3. The van der Waals surface area contributed by atoms with Crippen molar-refractivity contribution >= 4 is 71.0 Å². The molecule has 0 saturated carbocycles. The first-order valence-electron chi connectivity index (χ1n) is 8.99. The van der Waals surface area contributed by atoms with Crippen molar-refractivity contribution in [3.05, 3.63) is 0 Å². The van der Waals surface area contributed by atoms with Gasteiger partial charge in [0.15, 0.2) is 0 Å². The van der Waals surface area contributed by atoms with E-state index in [4.69, 9.17) is 5.11 Å². The van der Waals surface area contributed by atoms with Gasteiger partial charge in [0.2, 0.25) is 0 Å². The van der Waals surface area contributed by atoms with Crippen molar-refractivity contribution in [1.29, 1.82) is 0 Å². The Hall–Kier alpha value is 1.65. The third-order valence-corrected chi connectivity index (χ3v) is 3.99. The van der Waals surface area contributed by atoms with Crippen molar-refractivity contribution in [2.24, 2.45) is 0 Å². The van der Waals surface area contributed by atoms with Crippen LogP contribution in [0.3, 0.4) is 0 Å². The van der Waals surface area contributed by atoms with Gasteiger partial charge in [0.05, 0.1) is 0 Å². The molecule has 0 rings (SSSR count). The summed E-state index contributed by atoms with van der Waals surface area (Å²) in [5.74, 6) is -0.653. The molecule has 1 N–H and O–H groups in total. The summed E-state index contributed by atoms with van der Waals surface area (Å²) < 4.78 is 0. The first-order chi connectivity index (χ1) is 9.77. The van der Waals surface area contributed by atoms with E-state index in [0.29, 0.717) is 6.42 Å². The van der Waals surface area contributed by atoms with Crippen molar-refractivity contribution in [1.82, 2.24) is 0 Å². The summed E-state index contributed by atoms with van der Waals surface area (Å²) in [4.78, 5) is 10.3. The van der Waals surface area contributed by atoms with Crippen molar-refractivity contribution in [3.63, 3.8) is 0 Å². The molecule has 0 saturated heterocycles. The fraction of sp³-hybridized carbons (Fsp3) is 0.944. The van der Waals surface area contributed by atoms with Gasteiger partial charge in [-0.25, -0.2) is 0 Å². The quantitative estimate of drug-likeness (QED) is 0.216. The Morgan fingerprint density at radius 1 is 0.682 bits per heavy atom. The van der Waals surface area contributed by atoms with Crippen LogP contribution in [0.25, 0.3) is 0 Å². The van der Waals surface area contributed by atoms with Crippen molar-refractivity contribution in [3.8, 4) is 0 Å². The summed E-state index contributed by atoms with van der Waals surface area (Å²) in [6, 6.07) is 0. The van der Waals surface area contributed by atoms with Crippen LogP contribution in [-0.4, -0.2) is 76.1 Å². The third-order valence-electron chi connectivity index (χ3n) is 3.99. The Kier molecular flexibility index (Phi) is 32.2. The van der Waals surface area contributed by atoms with Crippen LogP contribution in [0, 0.1) is 0 Å². The van der Waals surface area contributed by atoms with E-state index in [1.807, 2.05) is 0 Å². The van der Waals surface area contributed by atoms with E-state index in [0.717, 1.165) is 12.8 Å². The van der Waals surface area contributed by atoms with Gasteiger partial charge in [0.25, 0.3) is 0 Å². The number of unbranched alkanes of at least 4 members (excludes halogenated alkanes) is 14. The molecule has 0 aromatic heterocycles. The number of carboxylic acids is 1. The summed E-state index contributed by atoms with van der Waals surface area (Å²) in [7, 11) is 0. The minimum absolute atomic E-state index is 0. The topological polar surface area (TPSA) is 37.3 Å². The number of hydrogen-bond donors (Lipinski definition) is 1. The predicted octanol–water partition coefficient (Wildman–Crippen LogP) is 5.26. The second-order valence-corrected chi connectivity index (χ2v) is 6.09. The number of carboxylic acid groups (broad SMARTS) is 1. The van der Waals surface area contributed by atoms with Gasteiger partial charge in [-0.2, -0.15) is 0 Å². The summed E-state index contributed by atoms with van der Waals surface area (Å²) in [5.41, 5.74) is 0. The molecule has 2 radical (unpaired) electrons. The maximum atomic E-state index is 10.3. The fourth-order valence-corrected chi connectivity index (χ4v) is 2.65. The van der Waals surface area contributed by atoms with E-state index in [1.165, 1.54) is 83.5 Å². The second-order valence-electron chi connectivity index (χ2n) is 6.09. The minimum atomic E-state index is -0.653. The van der Waals surface area contributed by atoms with Crippen LogP contribution in [0.15, 0.2) is 0 Å². The molecule has 0 bridgehead atoms. The molecule has 0 aromatic carbocycles. The molecule has 0 unspecified atom stereocenters. The van der Waals surface area contributed by atoms with E-state index in [9.17, 15) is 4.79 Å². The van der Waals surface area contributed by atoms with E-state index in [-0.39, 0.29) is 67.9 Å². The number of aliphatic carboxylic acids is 1. The average Bonchev–Trinajstić information content (AvgIpc) is 2.43. The zero-order valence-electron chi connectivity index (χ0n) is 17.1. The molecular formula is C18H40CaO2Pb. The van der Waals surface area contributed by atoms with Crippen LogP contribution in [0.2, 0.25) is 0 Å². The molecule has 0 aliphatic carbocycles. The SMILES string of the molecule is CCCCCCCCCCCCCCCCCC(=O)O.[Ca+2].[H-].[H-].[PbH2]. The first-order valence-corrected chi connectivity index (χ1v) is 8.99. The van der Waals surface area contributed by atoms with Gasteiger partial charge in [0, 0.05) is 6.42 Å². The predicted molar refractivity (Wildman–Crippen MR) is 104 cm³/mol. The molecular weight excluding hydrogens is 495 g/mol. The molecule has 0 aromatic rings. The molecule has 130 valence electrons. The molecule has 2 nitrogen and oxygen atoms in total. The van der Waals surface area contributed by atoms with Gasteiger partial charge < -0.3 is 7.96 Å². The summed E-state index contributed by atoms with van der Waals surface area (Å²) in [6.07, 6.45) is 20.2. The van der Waals surface area contributed by atoms with Crippen LogP contribution in [0.4, 0.5) is 0 Å². The summed E-state index contributed by atoms with van der Waals surface area (Å²) >= 11 is 0. The molecule has 0 heterocycles. The zero-order chi connectivity index (χ0) is 14.9. The molecule has 22 heavy (non-hydrogen) atoms. The van der Waals surface area contributed by atoms with Crippen LogP contribution in [0.1, 0.15) is 113 Å². The fourth-order valence-electron chi connectivity index (χ4n) is 2.65. The van der Waals surface area contributed by atoms with Gasteiger partial charge in [-0.05, 0) is 6.42 Å². The summed E-state index contributed by atoms with van der Waals surface area (Å²) in [6.45, 7) is 2.27. The third kappa shape index (κ3) is 26.5. The molecule has 0 atom stereocenters. The molecule has 0 spiro atoms. The van der Waals surface area contributed by atoms with E-state index in [2.05, 4.69) is 6.92 Å². The molecule has 0 fully saturated rings. The van der Waals surface area contributed by atoms with Crippen molar-refractivity contribution < 1.29 is 12.8 Å². The normalized spacial score (nSPS) is 9.86. The Labute approximate surface area is 191 Å². The van der Waals surface area contributed by atoms with Gasteiger partial charge in [-0.15, -0.1) is 0 Å². The van der Waals surface area contributed by atoms with E-state index < -0.39 is 5.97 Å². The molecule has 0 aliphatic rings. The van der Waals surface area contributed by atoms with E-state index in [1.54, 1.807) is 0 Å². The number of rotatable bonds is 16. The Morgan fingerprint density at radius 2 is 0.955 bits per heavy atom. The van der Waals surface area contributed by atoms with Gasteiger partial charge >= 0.3 is 71.0 Å². The molecule has 4 heteroatoms. The Morgan fingerprint density at radius 3 is 1.23 bits per heavy atom. The molecule has 0 aliphatic heterocycles. The average molecular weight is 536 g/mol. The zero-order valence-corrected chi connectivity index (χ0v) is 22.8. The van der Waals surface area contributed by atoms with Crippen LogP contribution < -0.4 is 0 Å². The van der Waals surface area contributed by atoms with Crippen LogP contribution in [0.5, 0.6) is 0 Å². The second kappa shape index (κ2) is 24.9. The Balaban J connectivity index is -0.000000301. The van der Waals surface area contributed by atoms with Gasteiger partial charge in [-0.3, -0.25) is 4.79 Å². The number of carbonyl (C=O) groups is 1. The van der Waals surface area contributed by atoms with E-state index >= 15 is 0 Å². The van der Waals surface area contributed by atoms with Crippen molar-refractivity contribution in [2.75, 3.05) is 0 Å². The number of hydrogen-bond acceptors (Lipinski definition) is 1. The van der Waals surface area contributed by atoms with Crippen LogP contribution in [-0.2, 0) is 4.79 Å². The van der Waals surface area contributed by atoms with Gasteiger partial charge in [0.1, 0.15) is 0 Å². The van der Waals surface area contributed by atoms with Crippen LogP contribution >= 0.6 is 0 Å². The molecule has 0 amide bonds. The standard InChI is InChI=1S/C18H36O2.Ca.Pb.4H/c1-2-3-4-5-6-7-8-9-10-11-12-13-14-15-16-17-18(19)20;;;;;;/h2-17H2,1H3,(H,19,20);;;;;;/q;+2;;;;2*-1. The monoisotopic (exact) mass is 536 g/mol.